The first-order chi connectivity index (χ1) is 14.5. The number of halogens is 1. The van der Waals surface area contributed by atoms with E-state index in [0.29, 0.717) is 39.0 Å². The van der Waals surface area contributed by atoms with Crippen molar-refractivity contribution in [1.82, 2.24) is 10.6 Å². The van der Waals surface area contributed by atoms with Gasteiger partial charge in [0.05, 0.1) is 42.1 Å². The number of rotatable bonds is 7. The highest BCUT2D eigenvalue weighted by atomic mass is 79.9. The van der Waals surface area contributed by atoms with Crippen molar-refractivity contribution in [3.8, 4) is 11.5 Å². The van der Waals surface area contributed by atoms with Gasteiger partial charge in [-0.25, -0.2) is 4.79 Å². The van der Waals surface area contributed by atoms with E-state index in [4.69, 9.17) is 26.4 Å². The van der Waals surface area contributed by atoms with Gasteiger partial charge in [0.25, 0.3) is 0 Å². The molecule has 1 atom stereocenters. The van der Waals surface area contributed by atoms with Crippen molar-refractivity contribution < 1.29 is 19.0 Å². The van der Waals surface area contributed by atoms with Crippen molar-refractivity contribution in [2.75, 3.05) is 20.3 Å². The van der Waals surface area contributed by atoms with Gasteiger partial charge in [-0.05, 0) is 65.3 Å². The first-order valence-electron chi connectivity index (χ1n) is 9.54. The molecule has 0 radical (unpaired) electrons. The normalized spacial score (nSPS) is 15.9. The predicted molar refractivity (Wildman–Crippen MR) is 123 cm³/mol. The molecule has 1 aliphatic rings. The summed E-state index contributed by atoms with van der Waals surface area (Å²) in [6, 6.07) is 12.8. The second kappa shape index (κ2) is 9.95. The Morgan fingerprint density at radius 1 is 1.17 bits per heavy atom. The van der Waals surface area contributed by atoms with Crippen LogP contribution in [0.5, 0.6) is 11.5 Å². The van der Waals surface area contributed by atoms with Gasteiger partial charge in [0.2, 0.25) is 0 Å². The lowest BCUT2D eigenvalue weighted by molar-refractivity contribution is -0.138. The number of hydrogen-bond donors (Lipinski definition) is 2. The number of thiocarbonyl (C=S) groups is 1. The molecule has 3 rings (SSSR count). The van der Waals surface area contributed by atoms with Crippen LogP contribution in [0.3, 0.4) is 0 Å². The van der Waals surface area contributed by atoms with E-state index in [-0.39, 0.29) is 6.61 Å². The average molecular weight is 491 g/mol. The van der Waals surface area contributed by atoms with Crippen LogP contribution in [0, 0.1) is 0 Å². The fourth-order valence-electron chi connectivity index (χ4n) is 3.29. The lowest BCUT2D eigenvalue weighted by Crippen LogP contribution is -2.45. The third-order valence-electron chi connectivity index (χ3n) is 4.50. The Bertz CT molecular complexity index is 979. The molecule has 1 aliphatic heterocycles. The molecule has 1 heterocycles. The highest BCUT2D eigenvalue weighted by molar-refractivity contribution is 9.10. The van der Waals surface area contributed by atoms with Crippen LogP contribution in [-0.4, -0.2) is 31.4 Å². The fraction of sp³-hybridized carbons (Fsp3) is 0.273. The van der Waals surface area contributed by atoms with Gasteiger partial charge in [-0.1, -0.05) is 30.3 Å². The number of esters is 1. The first kappa shape index (κ1) is 22.1. The molecule has 2 aromatic carbocycles. The SMILES string of the molecule is CCOC(=O)C1=C(c2ccccc2)NC(=S)N[C@@H]1c1cc(Br)c(OC)c(OCC)c1. The average Bonchev–Trinajstić information content (AvgIpc) is 2.74. The predicted octanol–water partition coefficient (Wildman–Crippen LogP) is 4.35. The minimum atomic E-state index is -0.533. The molecule has 0 aliphatic carbocycles. The summed E-state index contributed by atoms with van der Waals surface area (Å²) >= 11 is 9.00. The first-order valence-corrected chi connectivity index (χ1v) is 10.7. The van der Waals surface area contributed by atoms with Gasteiger partial charge in [-0.2, -0.15) is 0 Å². The lowest BCUT2D eigenvalue weighted by atomic mass is 9.92. The molecule has 0 unspecified atom stereocenters. The summed E-state index contributed by atoms with van der Waals surface area (Å²) in [6.07, 6.45) is 0. The minimum Gasteiger partial charge on any atom is -0.492 e. The monoisotopic (exact) mass is 490 g/mol. The third-order valence-corrected chi connectivity index (χ3v) is 5.31. The zero-order valence-corrected chi connectivity index (χ0v) is 19.4. The van der Waals surface area contributed by atoms with Crippen LogP contribution in [0.1, 0.15) is 31.0 Å². The number of benzene rings is 2. The summed E-state index contributed by atoms with van der Waals surface area (Å²) in [4.78, 5) is 13.0. The number of carbonyl (C=O) groups excluding carboxylic acids is 1. The van der Waals surface area contributed by atoms with Gasteiger partial charge < -0.3 is 24.8 Å². The van der Waals surface area contributed by atoms with Crippen molar-refractivity contribution >= 4 is 44.9 Å². The molecule has 2 N–H and O–H groups in total. The highest BCUT2D eigenvalue weighted by Gasteiger charge is 2.34. The third kappa shape index (κ3) is 4.60. The van der Waals surface area contributed by atoms with Crippen LogP contribution in [0.25, 0.3) is 5.70 Å². The molecule has 6 nitrogen and oxygen atoms in total. The van der Waals surface area contributed by atoms with E-state index < -0.39 is 12.0 Å². The summed E-state index contributed by atoms with van der Waals surface area (Å²) in [5, 5.41) is 6.74. The second-order valence-electron chi connectivity index (χ2n) is 6.37. The Morgan fingerprint density at radius 3 is 2.53 bits per heavy atom. The van der Waals surface area contributed by atoms with Crippen molar-refractivity contribution in [2.24, 2.45) is 0 Å². The Hall–Kier alpha value is -2.58. The second-order valence-corrected chi connectivity index (χ2v) is 7.64. The molecule has 0 saturated carbocycles. The Labute approximate surface area is 189 Å². The minimum absolute atomic E-state index is 0.262. The summed E-state index contributed by atoms with van der Waals surface area (Å²) < 4.78 is 17.3. The molecular formula is C22H23BrN2O4S. The summed E-state index contributed by atoms with van der Waals surface area (Å²) in [5.74, 6) is 0.732. The molecule has 0 amide bonds. The number of hydrogen-bond acceptors (Lipinski definition) is 5. The Kier molecular flexibility index (Phi) is 7.33. The van der Waals surface area contributed by atoms with Crippen molar-refractivity contribution in [2.45, 2.75) is 19.9 Å². The van der Waals surface area contributed by atoms with E-state index in [1.165, 1.54) is 0 Å². The molecule has 0 bridgehead atoms. The van der Waals surface area contributed by atoms with E-state index in [0.717, 1.165) is 11.1 Å². The van der Waals surface area contributed by atoms with E-state index in [1.54, 1.807) is 14.0 Å². The van der Waals surface area contributed by atoms with Gasteiger partial charge >= 0.3 is 5.97 Å². The molecular weight excluding hydrogens is 468 g/mol. The molecule has 0 spiro atoms. The van der Waals surface area contributed by atoms with Gasteiger partial charge in [0.15, 0.2) is 16.6 Å². The molecule has 30 heavy (non-hydrogen) atoms. The Balaban J connectivity index is 2.21. The van der Waals surface area contributed by atoms with Crippen molar-refractivity contribution in [1.29, 1.82) is 0 Å². The maximum absolute atomic E-state index is 13.0. The summed E-state index contributed by atoms with van der Waals surface area (Å²) in [7, 11) is 1.58. The lowest BCUT2D eigenvalue weighted by Gasteiger charge is -2.31. The van der Waals surface area contributed by atoms with Crippen LogP contribution < -0.4 is 20.1 Å². The van der Waals surface area contributed by atoms with E-state index >= 15 is 0 Å². The molecule has 158 valence electrons. The van der Waals surface area contributed by atoms with E-state index in [9.17, 15) is 4.79 Å². The van der Waals surface area contributed by atoms with Crippen molar-refractivity contribution in [3.05, 3.63) is 63.6 Å². The van der Waals surface area contributed by atoms with Gasteiger partial charge in [-0.3, -0.25) is 0 Å². The summed E-state index contributed by atoms with van der Waals surface area (Å²) in [5.41, 5.74) is 2.68. The molecule has 0 saturated heterocycles. The van der Waals surface area contributed by atoms with Crippen LogP contribution in [0.2, 0.25) is 0 Å². The molecule has 0 aromatic heterocycles. The quantitative estimate of drug-likeness (QED) is 0.441. The van der Waals surface area contributed by atoms with Crippen LogP contribution in [0.15, 0.2) is 52.5 Å². The zero-order valence-electron chi connectivity index (χ0n) is 17.0. The Morgan fingerprint density at radius 2 is 1.90 bits per heavy atom. The van der Waals surface area contributed by atoms with Gasteiger partial charge in [0, 0.05) is 0 Å². The maximum atomic E-state index is 13.0. The van der Waals surface area contributed by atoms with E-state index in [1.807, 2.05) is 49.4 Å². The number of ether oxygens (including phenoxy) is 3. The molecule has 8 heteroatoms. The summed E-state index contributed by atoms with van der Waals surface area (Å²) in [6.45, 7) is 4.41. The van der Waals surface area contributed by atoms with Gasteiger partial charge in [-0.15, -0.1) is 0 Å². The maximum Gasteiger partial charge on any atom is 0.338 e. The highest BCUT2D eigenvalue weighted by Crippen LogP contribution is 2.41. The van der Waals surface area contributed by atoms with Crippen molar-refractivity contribution in [3.63, 3.8) is 0 Å². The van der Waals surface area contributed by atoms with Gasteiger partial charge in [0.1, 0.15) is 0 Å². The number of nitrogens with one attached hydrogen (secondary N) is 2. The molecule has 2 aromatic rings. The topological polar surface area (TPSA) is 68.8 Å². The largest absolute Gasteiger partial charge is 0.492 e. The van der Waals surface area contributed by atoms with Crippen LogP contribution in [0.4, 0.5) is 0 Å². The van der Waals surface area contributed by atoms with Crippen LogP contribution in [-0.2, 0) is 9.53 Å². The van der Waals surface area contributed by atoms with Crippen LogP contribution >= 0.6 is 28.1 Å². The number of methoxy groups -OCH3 is 1. The fourth-order valence-corrected chi connectivity index (χ4v) is 4.13. The van der Waals surface area contributed by atoms with E-state index in [2.05, 4.69) is 26.6 Å². The smallest absolute Gasteiger partial charge is 0.338 e. The number of carbonyl (C=O) groups is 1. The standard InChI is InChI=1S/C22H23BrN2O4S/c1-4-28-16-12-14(11-15(23)20(16)27-3)19-17(21(26)29-5-2)18(24-22(30)25-19)13-9-7-6-8-10-13/h6-12,19H,4-5H2,1-3H3,(H2,24,25,30)/t19-/m1/s1. The zero-order chi connectivity index (χ0) is 21.7. The molecule has 0 fully saturated rings.